The number of H-pyrrole nitrogens is 1. The number of amides is 1. The van der Waals surface area contributed by atoms with Gasteiger partial charge in [-0.1, -0.05) is 0 Å². The van der Waals surface area contributed by atoms with Gasteiger partial charge in [0.05, 0.1) is 37.4 Å². The second-order valence-corrected chi connectivity index (χ2v) is 10.3. The van der Waals surface area contributed by atoms with E-state index in [9.17, 15) is 9.18 Å². The maximum absolute atomic E-state index is 14.5. The fraction of sp³-hybridized carbons (Fsp3) is 0.423. The summed E-state index contributed by atoms with van der Waals surface area (Å²) >= 11 is 0. The molecule has 2 aromatic heterocycles. The molecule has 0 bridgehead atoms. The summed E-state index contributed by atoms with van der Waals surface area (Å²) in [7, 11) is 3.14. The standard InChI is InChI=1S/C26H30FN7O4/c1-25(2,3)38-24(35)34(4)14-26(6-7-26)15-37-20-9-16(27)8-19(36-5)23(20)18-10-21(33-32-18)31-22-13-29-17(11-28)12-30-22/h8-10,12-13H,6-7,14-15H2,1-5H3,(H2,30,31,32,33). The van der Waals surface area contributed by atoms with Gasteiger partial charge >= 0.3 is 6.09 Å². The van der Waals surface area contributed by atoms with Gasteiger partial charge in [-0.3, -0.25) is 5.10 Å². The zero-order chi connectivity index (χ0) is 27.5. The second-order valence-electron chi connectivity index (χ2n) is 10.3. The molecule has 0 aliphatic heterocycles. The Morgan fingerprint density at radius 2 is 1.95 bits per heavy atom. The molecule has 0 unspecified atom stereocenters. The van der Waals surface area contributed by atoms with Crippen molar-refractivity contribution in [1.29, 1.82) is 5.26 Å². The summed E-state index contributed by atoms with van der Waals surface area (Å²) in [6.07, 6.45) is 4.10. The van der Waals surface area contributed by atoms with Crippen molar-refractivity contribution >= 4 is 17.7 Å². The molecular formula is C26H30FN7O4. The number of rotatable bonds is 9. The van der Waals surface area contributed by atoms with Crippen molar-refractivity contribution in [2.75, 3.05) is 32.6 Å². The first-order chi connectivity index (χ1) is 18.0. The van der Waals surface area contributed by atoms with E-state index < -0.39 is 17.5 Å². The van der Waals surface area contributed by atoms with Gasteiger partial charge in [0.25, 0.3) is 0 Å². The quantitative estimate of drug-likeness (QED) is 0.410. The Balaban J connectivity index is 1.51. The number of halogens is 1. The highest BCUT2D eigenvalue weighted by molar-refractivity contribution is 5.76. The molecule has 200 valence electrons. The lowest BCUT2D eigenvalue weighted by atomic mass is 10.1. The van der Waals surface area contributed by atoms with Gasteiger partial charge in [-0.05, 0) is 33.6 Å². The number of nitrogens with zero attached hydrogens (tertiary/aromatic N) is 5. The Hall–Kier alpha value is -4.40. The Labute approximate surface area is 219 Å². The molecule has 1 aliphatic rings. The van der Waals surface area contributed by atoms with E-state index in [-0.39, 0.29) is 29.2 Å². The number of hydrogen-bond acceptors (Lipinski definition) is 9. The van der Waals surface area contributed by atoms with Crippen LogP contribution in [0.15, 0.2) is 30.6 Å². The van der Waals surface area contributed by atoms with Crippen molar-refractivity contribution in [3.63, 3.8) is 0 Å². The predicted molar refractivity (Wildman–Crippen MR) is 137 cm³/mol. The van der Waals surface area contributed by atoms with Gasteiger partial charge in [-0.25, -0.2) is 19.2 Å². The molecule has 0 atom stereocenters. The average Bonchev–Trinajstić information content (AvgIpc) is 3.48. The first kappa shape index (κ1) is 26.7. The molecular weight excluding hydrogens is 493 g/mol. The zero-order valence-electron chi connectivity index (χ0n) is 22.0. The molecule has 2 heterocycles. The van der Waals surface area contributed by atoms with E-state index in [2.05, 4.69) is 25.5 Å². The minimum Gasteiger partial charge on any atom is -0.496 e. The van der Waals surface area contributed by atoms with Crippen molar-refractivity contribution in [2.24, 2.45) is 5.41 Å². The van der Waals surface area contributed by atoms with E-state index in [0.717, 1.165) is 12.8 Å². The summed E-state index contributed by atoms with van der Waals surface area (Å²) in [4.78, 5) is 22.1. The molecule has 1 aromatic carbocycles. The van der Waals surface area contributed by atoms with Gasteiger partial charge in [0.2, 0.25) is 0 Å². The van der Waals surface area contributed by atoms with Gasteiger partial charge in [0, 0.05) is 37.2 Å². The Morgan fingerprint density at radius 1 is 1.21 bits per heavy atom. The number of nitrogens with one attached hydrogen (secondary N) is 2. The van der Waals surface area contributed by atoms with Crippen LogP contribution in [0.5, 0.6) is 11.5 Å². The van der Waals surface area contributed by atoms with Crippen LogP contribution in [-0.2, 0) is 4.74 Å². The molecule has 1 saturated carbocycles. The highest BCUT2D eigenvalue weighted by Crippen LogP contribution is 2.48. The SMILES string of the molecule is COc1cc(F)cc(OCC2(CN(C)C(=O)OC(C)(C)C)CC2)c1-c1cc(Nc2cnc(C#N)cn2)n[nH]1. The van der Waals surface area contributed by atoms with Gasteiger partial charge in [0.15, 0.2) is 11.5 Å². The van der Waals surface area contributed by atoms with E-state index in [1.165, 1.54) is 31.6 Å². The van der Waals surface area contributed by atoms with Crippen molar-refractivity contribution in [3.8, 4) is 28.8 Å². The Bertz CT molecular complexity index is 1340. The minimum atomic E-state index is -0.587. The summed E-state index contributed by atoms with van der Waals surface area (Å²) in [5.41, 5.74) is 0.378. The van der Waals surface area contributed by atoms with Crippen LogP contribution in [0.2, 0.25) is 0 Å². The third-order valence-corrected chi connectivity index (χ3v) is 5.89. The molecule has 1 fully saturated rings. The van der Waals surface area contributed by atoms with Crippen LogP contribution >= 0.6 is 0 Å². The summed E-state index contributed by atoms with van der Waals surface area (Å²) in [5.74, 6) is 0.857. The molecule has 1 amide bonds. The van der Waals surface area contributed by atoms with E-state index in [1.807, 2.05) is 26.8 Å². The van der Waals surface area contributed by atoms with Crippen molar-refractivity contribution < 1.29 is 23.4 Å². The highest BCUT2D eigenvalue weighted by atomic mass is 19.1. The Morgan fingerprint density at radius 3 is 2.55 bits per heavy atom. The molecule has 38 heavy (non-hydrogen) atoms. The van der Waals surface area contributed by atoms with E-state index in [4.69, 9.17) is 19.5 Å². The van der Waals surface area contributed by atoms with Crippen LogP contribution in [0, 0.1) is 22.6 Å². The molecule has 2 N–H and O–H groups in total. The van der Waals surface area contributed by atoms with E-state index in [1.54, 1.807) is 18.0 Å². The number of aromatic nitrogens is 4. The minimum absolute atomic E-state index is 0.196. The smallest absolute Gasteiger partial charge is 0.410 e. The number of ether oxygens (including phenoxy) is 3. The maximum atomic E-state index is 14.5. The normalized spacial score (nSPS) is 13.8. The van der Waals surface area contributed by atoms with Gasteiger partial charge in [-0.2, -0.15) is 10.4 Å². The van der Waals surface area contributed by atoms with Crippen molar-refractivity contribution in [2.45, 2.75) is 39.2 Å². The first-order valence-electron chi connectivity index (χ1n) is 12.0. The molecule has 4 rings (SSSR count). The predicted octanol–water partition coefficient (Wildman–Crippen LogP) is 4.66. The molecule has 0 radical (unpaired) electrons. The zero-order valence-corrected chi connectivity index (χ0v) is 22.0. The molecule has 0 saturated heterocycles. The lowest BCUT2D eigenvalue weighted by molar-refractivity contribution is 0.0246. The van der Waals surface area contributed by atoms with Gasteiger partial charge < -0.3 is 24.4 Å². The number of anilines is 2. The second kappa shape index (κ2) is 10.5. The van der Waals surface area contributed by atoms with Crippen LogP contribution in [-0.4, -0.2) is 64.1 Å². The maximum Gasteiger partial charge on any atom is 0.410 e. The fourth-order valence-corrected chi connectivity index (χ4v) is 3.86. The number of hydrogen-bond donors (Lipinski definition) is 2. The topological polar surface area (TPSA) is 138 Å². The Kier molecular flexibility index (Phi) is 7.39. The first-order valence-corrected chi connectivity index (χ1v) is 12.0. The molecule has 3 aromatic rings. The van der Waals surface area contributed by atoms with Crippen LogP contribution in [0.3, 0.4) is 0 Å². The number of carbonyl (C=O) groups excluding carboxylic acids is 1. The van der Waals surface area contributed by atoms with Gasteiger partial charge in [-0.15, -0.1) is 0 Å². The van der Waals surface area contributed by atoms with Crippen molar-refractivity contribution in [1.82, 2.24) is 25.1 Å². The number of aromatic amines is 1. The van der Waals surface area contributed by atoms with Gasteiger partial charge in [0.1, 0.15) is 34.8 Å². The number of methoxy groups -OCH3 is 1. The van der Waals surface area contributed by atoms with E-state index >= 15 is 0 Å². The fourth-order valence-electron chi connectivity index (χ4n) is 3.86. The van der Waals surface area contributed by atoms with Crippen LogP contribution in [0.25, 0.3) is 11.3 Å². The summed E-state index contributed by atoms with van der Waals surface area (Å²) in [5, 5.41) is 19.0. The third-order valence-electron chi connectivity index (χ3n) is 5.89. The van der Waals surface area contributed by atoms with Crippen LogP contribution < -0.4 is 14.8 Å². The monoisotopic (exact) mass is 523 g/mol. The molecule has 12 heteroatoms. The van der Waals surface area contributed by atoms with Crippen LogP contribution in [0.1, 0.15) is 39.3 Å². The summed E-state index contributed by atoms with van der Waals surface area (Å²) in [6.45, 7) is 6.19. The summed E-state index contributed by atoms with van der Waals surface area (Å²) in [6, 6.07) is 6.18. The lowest BCUT2D eigenvalue weighted by Gasteiger charge is -2.28. The number of benzene rings is 1. The number of nitriles is 1. The largest absolute Gasteiger partial charge is 0.496 e. The molecule has 0 spiro atoms. The summed E-state index contributed by atoms with van der Waals surface area (Å²) < 4.78 is 31.5. The number of carbonyl (C=O) groups is 1. The van der Waals surface area contributed by atoms with Crippen LogP contribution in [0.4, 0.5) is 20.8 Å². The van der Waals surface area contributed by atoms with E-state index in [0.29, 0.717) is 29.4 Å². The molecule has 1 aliphatic carbocycles. The molecule has 11 nitrogen and oxygen atoms in total. The lowest BCUT2D eigenvalue weighted by Crippen LogP contribution is -2.38. The highest BCUT2D eigenvalue weighted by Gasteiger charge is 2.46. The average molecular weight is 524 g/mol. The third kappa shape index (κ3) is 6.47. The van der Waals surface area contributed by atoms with Crippen molar-refractivity contribution in [3.05, 3.63) is 42.1 Å².